The molecule has 0 nitrogen and oxygen atoms in total. The maximum absolute atomic E-state index is 2.44. The van der Waals surface area contributed by atoms with Crippen molar-refractivity contribution in [3.63, 3.8) is 0 Å². The second-order valence-corrected chi connectivity index (χ2v) is 4.72. The van der Waals surface area contributed by atoms with Gasteiger partial charge in [0.25, 0.3) is 0 Å². The first kappa shape index (κ1) is 7.64. The monoisotopic (exact) mass is 152 g/mol. The third kappa shape index (κ3) is 1.60. The molecule has 2 aliphatic carbocycles. The molecule has 0 radical (unpaired) electrons. The van der Waals surface area contributed by atoms with Crippen LogP contribution in [0.1, 0.15) is 51.9 Å². The van der Waals surface area contributed by atoms with Crippen molar-refractivity contribution in [1.82, 2.24) is 0 Å². The van der Waals surface area contributed by atoms with Crippen LogP contribution in [0.3, 0.4) is 0 Å². The summed E-state index contributed by atoms with van der Waals surface area (Å²) in [6, 6.07) is 0. The van der Waals surface area contributed by atoms with Gasteiger partial charge < -0.3 is 0 Å². The molecule has 64 valence electrons. The Bertz CT molecular complexity index is 128. The minimum atomic E-state index is 1.04. The average Bonchev–Trinajstić information content (AvgIpc) is 2.04. The highest BCUT2D eigenvalue weighted by Crippen LogP contribution is 2.42. The molecule has 0 aromatic heterocycles. The van der Waals surface area contributed by atoms with Crippen LogP contribution in [0, 0.1) is 17.8 Å². The average molecular weight is 152 g/mol. The van der Waals surface area contributed by atoms with Gasteiger partial charge in [-0.3, -0.25) is 0 Å². The molecule has 2 saturated carbocycles. The Labute approximate surface area is 70.4 Å². The van der Waals surface area contributed by atoms with Crippen molar-refractivity contribution in [2.75, 3.05) is 0 Å². The van der Waals surface area contributed by atoms with Gasteiger partial charge in [-0.15, -0.1) is 0 Å². The lowest BCUT2D eigenvalue weighted by molar-refractivity contribution is 0.137. The van der Waals surface area contributed by atoms with Gasteiger partial charge in [0.1, 0.15) is 0 Å². The van der Waals surface area contributed by atoms with E-state index < -0.39 is 0 Å². The predicted octanol–water partition coefficient (Wildman–Crippen LogP) is 3.61. The molecule has 0 bridgehead atoms. The Morgan fingerprint density at radius 3 is 2.36 bits per heavy atom. The first-order chi connectivity index (χ1) is 5.36. The minimum Gasteiger partial charge on any atom is -0.0625 e. The summed E-state index contributed by atoms with van der Waals surface area (Å²) in [6.45, 7) is 2.44. The molecule has 2 fully saturated rings. The smallest absolute Gasteiger partial charge is 0.0383 e. The van der Waals surface area contributed by atoms with Gasteiger partial charge in [0.15, 0.2) is 0 Å². The van der Waals surface area contributed by atoms with Crippen LogP contribution in [-0.4, -0.2) is 0 Å². The lowest BCUT2D eigenvalue weighted by Crippen LogP contribution is -2.26. The maximum atomic E-state index is 2.44. The molecule has 0 aliphatic heterocycles. The Hall–Kier alpha value is 0. The van der Waals surface area contributed by atoms with Crippen molar-refractivity contribution >= 4 is 0 Å². The van der Waals surface area contributed by atoms with Gasteiger partial charge in [-0.2, -0.15) is 0 Å². The second-order valence-electron chi connectivity index (χ2n) is 4.72. The van der Waals surface area contributed by atoms with E-state index in [1.165, 1.54) is 19.3 Å². The van der Waals surface area contributed by atoms with Gasteiger partial charge in [-0.1, -0.05) is 39.0 Å². The lowest BCUT2D eigenvalue weighted by atomic mass is 9.68. The summed E-state index contributed by atoms with van der Waals surface area (Å²) in [6.07, 6.45) is 10.8. The Morgan fingerprint density at radius 2 is 1.55 bits per heavy atom. The number of fused-ring (bicyclic) bond motifs is 1. The third-order valence-corrected chi connectivity index (χ3v) is 3.80. The Balaban J connectivity index is 1.93. The molecule has 3 atom stereocenters. The van der Waals surface area contributed by atoms with Crippen LogP contribution in [0.2, 0.25) is 0 Å². The predicted molar refractivity (Wildman–Crippen MR) is 48.5 cm³/mol. The molecule has 0 heterocycles. The highest BCUT2D eigenvalue weighted by Gasteiger charge is 2.29. The standard InChI is InChI=1S/C11H20/c1-9-6-7-10-4-2-3-5-11(10)8-9/h9-11H,2-8H2,1H3/t9-,10+,11+/m1/s1. The SMILES string of the molecule is C[C@@H]1CC[C@@H]2CCCC[C@H]2C1. The van der Waals surface area contributed by atoms with Gasteiger partial charge in [0.2, 0.25) is 0 Å². The van der Waals surface area contributed by atoms with E-state index in [1.807, 2.05) is 0 Å². The number of hydrogen-bond acceptors (Lipinski definition) is 0. The van der Waals surface area contributed by atoms with Crippen LogP contribution in [0.15, 0.2) is 0 Å². The van der Waals surface area contributed by atoms with E-state index in [2.05, 4.69) is 6.92 Å². The molecule has 2 aliphatic rings. The summed E-state index contributed by atoms with van der Waals surface area (Å²) in [7, 11) is 0. The lowest BCUT2D eigenvalue weighted by Gasteiger charge is -2.38. The third-order valence-electron chi connectivity index (χ3n) is 3.80. The van der Waals surface area contributed by atoms with Crippen LogP contribution in [0.4, 0.5) is 0 Å². The summed E-state index contributed by atoms with van der Waals surface area (Å²) >= 11 is 0. The molecule has 11 heavy (non-hydrogen) atoms. The molecular weight excluding hydrogens is 132 g/mol. The fourth-order valence-electron chi connectivity index (χ4n) is 3.11. The summed E-state index contributed by atoms with van der Waals surface area (Å²) in [4.78, 5) is 0. The first-order valence-corrected chi connectivity index (χ1v) is 5.36. The van der Waals surface area contributed by atoms with Crippen molar-refractivity contribution in [2.45, 2.75) is 51.9 Å². The molecule has 0 unspecified atom stereocenters. The highest BCUT2D eigenvalue weighted by atomic mass is 14.4. The Morgan fingerprint density at radius 1 is 0.818 bits per heavy atom. The van der Waals surface area contributed by atoms with Crippen molar-refractivity contribution in [1.29, 1.82) is 0 Å². The molecule has 0 saturated heterocycles. The number of hydrogen-bond donors (Lipinski definition) is 0. The van der Waals surface area contributed by atoms with Crippen LogP contribution in [0.25, 0.3) is 0 Å². The normalized spacial score (nSPS) is 45.0. The summed E-state index contributed by atoms with van der Waals surface area (Å²) in [5.74, 6) is 3.31. The van der Waals surface area contributed by atoms with E-state index in [1.54, 1.807) is 25.7 Å². The largest absolute Gasteiger partial charge is 0.0625 e. The fourth-order valence-corrected chi connectivity index (χ4v) is 3.11. The maximum Gasteiger partial charge on any atom is -0.0383 e. The minimum absolute atomic E-state index is 1.04. The fraction of sp³-hybridized carbons (Fsp3) is 1.00. The van der Waals surface area contributed by atoms with E-state index in [4.69, 9.17) is 0 Å². The molecule has 0 aromatic rings. The zero-order valence-corrected chi connectivity index (χ0v) is 7.68. The van der Waals surface area contributed by atoms with E-state index >= 15 is 0 Å². The van der Waals surface area contributed by atoms with Gasteiger partial charge in [0, 0.05) is 0 Å². The van der Waals surface area contributed by atoms with Gasteiger partial charge in [0.05, 0.1) is 0 Å². The number of rotatable bonds is 0. The van der Waals surface area contributed by atoms with Gasteiger partial charge in [-0.05, 0) is 30.6 Å². The topological polar surface area (TPSA) is 0 Å². The van der Waals surface area contributed by atoms with Crippen molar-refractivity contribution < 1.29 is 0 Å². The zero-order chi connectivity index (χ0) is 7.68. The molecule has 2 rings (SSSR count). The van der Waals surface area contributed by atoms with Crippen molar-refractivity contribution in [3.8, 4) is 0 Å². The van der Waals surface area contributed by atoms with Crippen LogP contribution < -0.4 is 0 Å². The summed E-state index contributed by atoms with van der Waals surface area (Å²) in [5, 5.41) is 0. The van der Waals surface area contributed by atoms with Crippen LogP contribution >= 0.6 is 0 Å². The first-order valence-electron chi connectivity index (χ1n) is 5.36. The molecule has 0 spiro atoms. The molecule has 0 aromatic carbocycles. The molecule has 0 N–H and O–H groups in total. The van der Waals surface area contributed by atoms with E-state index in [-0.39, 0.29) is 0 Å². The van der Waals surface area contributed by atoms with Crippen molar-refractivity contribution in [3.05, 3.63) is 0 Å². The van der Waals surface area contributed by atoms with Crippen molar-refractivity contribution in [2.24, 2.45) is 17.8 Å². The molecule has 0 amide bonds. The van der Waals surface area contributed by atoms with E-state index in [0.717, 1.165) is 17.8 Å². The van der Waals surface area contributed by atoms with E-state index in [0.29, 0.717) is 0 Å². The highest BCUT2D eigenvalue weighted by molar-refractivity contribution is 4.81. The van der Waals surface area contributed by atoms with Gasteiger partial charge >= 0.3 is 0 Å². The van der Waals surface area contributed by atoms with E-state index in [9.17, 15) is 0 Å². The quantitative estimate of drug-likeness (QED) is 0.497. The van der Waals surface area contributed by atoms with Crippen LogP contribution in [-0.2, 0) is 0 Å². The molecule has 0 heteroatoms. The molecular formula is C11H20. The summed E-state index contributed by atoms with van der Waals surface area (Å²) in [5.41, 5.74) is 0. The summed E-state index contributed by atoms with van der Waals surface area (Å²) < 4.78 is 0. The zero-order valence-electron chi connectivity index (χ0n) is 7.68. The Kier molecular flexibility index (Phi) is 2.20. The van der Waals surface area contributed by atoms with Gasteiger partial charge in [-0.25, -0.2) is 0 Å². The van der Waals surface area contributed by atoms with Crippen LogP contribution in [0.5, 0.6) is 0 Å². The second kappa shape index (κ2) is 3.16.